The minimum absolute atomic E-state index is 0.0549. The van der Waals surface area contributed by atoms with Crippen molar-refractivity contribution in [3.8, 4) is 11.1 Å². The van der Waals surface area contributed by atoms with E-state index in [9.17, 15) is 4.79 Å². The van der Waals surface area contributed by atoms with Crippen LogP contribution < -0.4 is 10.9 Å². The van der Waals surface area contributed by atoms with Crippen molar-refractivity contribution in [3.05, 3.63) is 101 Å². The summed E-state index contributed by atoms with van der Waals surface area (Å²) in [6, 6.07) is 16.2. The van der Waals surface area contributed by atoms with Crippen molar-refractivity contribution >= 4 is 16.4 Å². The molecule has 5 aromatic rings. The van der Waals surface area contributed by atoms with Crippen LogP contribution in [0.4, 0.5) is 0 Å². The second kappa shape index (κ2) is 8.88. The summed E-state index contributed by atoms with van der Waals surface area (Å²) in [5.74, 6) is 0.850. The Bertz CT molecular complexity index is 1510. The van der Waals surface area contributed by atoms with Crippen molar-refractivity contribution in [2.24, 2.45) is 5.92 Å². The average Bonchev–Trinajstić information content (AvgIpc) is 3.24. The Morgan fingerprint density at radius 2 is 1.85 bits per heavy atom. The highest BCUT2D eigenvalue weighted by Crippen LogP contribution is 2.26. The Hall–Kier alpha value is -3.77. The molecule has 4 aromatic heterocycles. The Balaban J connectivity index is 1.25. The maximum absolute atomic E-state index is 13.3. The van der Waals surface area contributed by atoms with Gasteiger partial charge in [0.25, 0.3) is 5.56 Å². The zero-order valence-corrected chi connectivity index (χ0v) is 19.0. The maximum Gasteiger partial charge on any atom is 0.260 e. The number of fused-ring (bicyclic) bond motifs is 2. The van der Waals surface area contributed by atoms with Crippen LogP contribution in [0.25, 0.3) is 27.5 Å². The fourth-order valence-corrected chi connectivity index (χ4v) is 4.74. The summed E-state index contributed by atoms with van der Waals surface area (Å²) in [4.78, 5) is 22.4. The smallest absolute Gasteiger partial charge is 0.260 e. The number of rotatable bonds is 7. The molecular formula is C28H27N5O. The minimum Gasteiger partial charge on any atom is -0.312 e. The van der Waals surface area contributed by atoms with Gasteiger partial charge in [-0.15, -0.1) is 0 Å². The quantitative estimate of drug-likeness (QED) is 0.393. The minimum atomic E-state index is -0.0549. The largest absolute Gasteiger partial charge is 0.312 e. The molecule has 34 heavy (non-hydrogen) atoms. The lowest BCUT2D eigenvalue weighted by Gasteiger charge is -2.25. The van der Waals surface area contributed by atoms with Gasteiger partial charge >= 0.3 is 0 Å². The highest BCUT2D eigenvalue weighted by molar-refractivity contribution is 5.95. The van der Waals surface area contributed by atoms with Crippen molar-refractivity contribution in [1.82, 2.24) is 24.3 Å². The zero-order chi connectivity index (χ0) is 22.9. The molecule has 0 aliphatic heterocycles. The highest BCUT2D eigenvalue weighted by Gasteiger charge is 2.16. The molecule has 6 rings (SSSR count). The van der Waals surface area contributed by atoms with Crippen LogP contribution in [-0.4, -0.2) is 25.5 Å². The SMILES string of the molecule is O=c1c2cncc(-c3ccccc3)c2ccn1Cc1cn2cc(CNCC3CCC3)ccc2n1. The van der Waals surface area contributed by atoms with Crippen LogP contribution in [0, 0.1) is 5.92 Å². The summed E-state index contributed by atoms with van der Waals surface area (Å²) in [5, 5.41) is 5.10. The van der Waals surface area contributed by atoms with Gasteiger partial charge in [-0.2, -0.15) is 0 Å². The lowest BCUT2D eigenvalue weighted by atomic mass is 9.85. The van der Waals surface area contributed by atoms with Gasteiger partial charge in [-0.1, -0.05) is 42.8 Å². The molecule has 0 radical (unpaired) electrons. The summed E-state index contributed by atoms with van der Waals surface area (Å²) in [7, 11) is 0. The monoisotopic (exact) mass is 449 g/mol. The molecule has 4 heterocycles. The summed E-state index contributed by atoms with van der Waals surface area (Å²) in [6.07, 6.45) is 13.6. The van der Waals surface area contributed by atoms with E-state index >= 15 is 0 Å². The zero-order valence-electron chi connectivity index (χ0n) is 19.0. The van der Waals surface area contributed by atoms with Crippen LogP contribution in [0.15, 0.2) is 84.3 Å². The first-order valence-electron chi connectivity index (χ1n) is 11.9. The van der Waals surface area contributed by atoms with Gasteiger partial charge in [0, 0.05) is 43.1 Å². The van der Waals surface area contributed by atoms with Crippen molar-refractivity contribution in [2.45, 2.75) is 32.4 Å². The molecule has 6 heteroatoms. The topological polar surface area (TPSA) is 64.2 Å². The van der Waals surface area contributed by atoms with E-state index in [-0.39, 0.29) is 5.56 Å². The first-order valence-corrected chi connectivity index (χ1v) is 11.9. The lowest BCUT2D eigenvalue weighted by Crippen LogP contribution is -2.26. The number of imidazole rings is 1. The fourth-order valence-electron chi connectivity index (χ4n) is 4.74. The molecule has 1 aromatic carbocycles. The molecule has 0 atom stereocenters. The van der Waals surface area contributed by atoms with Crippen LogP contribution in [0.1, 0.15) is 30.5 Å². The van der Waals surface area contributed by atoms with Crippen LogP contribution in [0.3, 0.4) is 0 Å². The third-order valence-electron chi connectivity index (χ3n) is 6.87. The first kappa shape index (κ1) is 20.8. The number of nitrogens with one attached hydrogen (secondary N) is 1. The first-order chi connectivity index (χ1) is 16.7. The van der Waals surface area contributed by atoms with E-state index in [0.29, 0.717) is 11.9 Å². The summed E-state index contributed by atoms with van der Waals surface area (Å²) >= 11 is 0. The van der Waals surface area contributed by atoms with Gasteiger partial charge in [0.1, 0.15) is 5.65 Å². The maximum atomic E-state index is 13.3. The van der Waals surface area contributed by atoms with Crippen LogP contribution >= 0.6 is 0 Å². The number of hydrogen-bond donors (Lipinski definition) is 1. The molecule has 0 saturated heterocycles. The molecule has 0 unspecified atom stereocenters. The van der Waals surface area contributed by atoms with E-state index in [1.807, 2.05) is 61.1 Å². The number of hydrogen-bond acceptors (Lipinski definition) is 4. The molecule has 1 saturated carbocycles. The lowest BCUT2D eigenvalue weighted by molar-refractivity contribution is 0.301. The third-order valence-corrected chi connectivity index (χ3v) is 6.87. The van der Waals surface area contributed by atoms with Gasteiger partial charge < -0.3 is 14.3 Å². The van der Waals surface area contributed by atoms with Crippen molar-refractivity contribution < 1.29 is 0 Å². The number of aromatic nitrogens is 4. The molecule has 0 amide bonds. The number of nitrogens with zero attached hydrogens (tertiary/aromatic N) is 4. The van der Waals surface area contributed by atoms with Crippen LogP contribution in [0.2, 0.25) is 0 Å². The predicted octanol–water partition coefficient (Wildman–Crippen LogP) is 4.65. The highest BCUT2D eigenvalue weighted by atomic mass is 16.1. The van der Waals surface area contributed by atoms with Gasteiger partial charge in [-0.25, -0.2) is 4.98 Å². The molecule has 1 aliphatic rings. The Labute approximate surface area is 197 Å². The molecule has 1 aliphatic carbocycles. The van der Waals surface area contributed by atoms with E-state index in [1.165, 1.54) is 24.8 Å². The van der Waals surface area contributed by atoms with Crippen LogP contribution in [0.5, 0.6) is 0 Å². The molecule has 0 bridgehead atoms. The van der Waals surface area contributed by atoms with Crippen molar-refractivity contribution in [2.75, 3.05) is 6.54 Å². The van der Waals surface area contributed by atoms with Crippen LogP contribution in [-0.2, 0) is 13.1 Å². The summed E-state index contributed by atoms with van der Waals surface area (Å²) in [5.41, 5.74) is 4.94. The molecular weight excluding hydrogens is 422 g/mol. The summed E-state index contributed by atoms with van der Waals surface area (Å²) < 4.78 is 3.76. The van der Waals surface area contributed by atoms with Gasteiger partial charge in [-0.05, 0) is 54.0 Å². The van der Waals surface area contributed by atoms with Crippen molar-refractivity contribution in [1.29, 1.82) is 0 Å². The molecule has 170 valence electrons. The Morgan fingerprint density at radius 3 is 2.68 bits per heavy atom. The van der Waals surface area contributed by atoms with Gasteiger partial charge in [0.05, 0.1) is 17.6 Å². The van der Waals surface area contributed by atoms with E-state index < -0.39 is 0 Å². The average molecular weight is 450 g/mol. The van der Waals surface area contributed by atoms with Gasteiger partial charge in [0.15, 0.2) is 0 Å². The second-order valence-corrected chi connectivity index (χ2v) is 9.23. The molecule has 6 nitrogen and oxygen atoms in total. The molecule has 1 N–H and O–H groups in total. The van der Waals surface area contributed by atoms with E-state index in [0.717, 1.165) is 46.9 Å². The normalized spacial score (nSPS) is 14.0. The second-order valence-electron chi connectivity index (χ2n) is 9.23. The van der Waals surface area contributed by atoms with Crippen molar-refractivity contribution in [3.63, 3.8) is 0 Å². The third kappa shape index (κ3) is 4.01. The van der Waals surface area contributed by atoms with Gasteiger partial charge in [-0.3, -0.25) is 9.78 Å². The predicted molar refractivity (Wildman–Crippen MR) is 135 cm³/mol. The Morgan fingerprint density at radius 1 is 0.971 bits per heavy atom. The molecule has 0 spiro atoms. The molecule has 1 fully saturated rings. The van der Waals surface area contributed by atoms with E-state index in [2.05, 4.69) is 27.0 Å². The Kier molecular flexibility index (Phi) is 5.43. The number of benzene rings is 1. The number of pyridine rings is 3. The van der Waals surface area contributed by atoms with E-state index in [4.69, 9.17) is 4.98 Å². The standard InChI is InChI=1S/C28H27N5O/c34-28-26-16-30-15-25(22-7-2-1-3-8-22)24(26)11-12-32(28)18-23-19-33-17-21(9-10-27(33)31-23)14-29-13-20-5-4-6-20/h1-3,7-12,15-17,19-20,29H,4-6,13-14,18H2. The van der Waals surface area contributed by atoms with E-state index in [1.54, 1.807) is 10.8 Å². The van der Waals surface area contributed by atoms with Gasteiger partial charge in [0.2, 0.25) is 0 Å². The summed E-state index contributed by atoms with van der Waals surface area (Å²) in [6.45, 7) is 2.38. The fraction of sp³-hybridized carbons (Fsp3) is 0.250.